The van der Waals surface area contributed by atoms with Gasteiger partial charge in [-0.2, -0.15) is 4.31 Å². The Balaban J connectivity index is 1.35. The molecular weight excluding hydrogens is 438 g/mol. The van der Waals surface area contributed by atoms with E-state index in [0.717, 1.165) is 6.07 Å². The molecule has 32 heavy (non-hydrogen) atoms. The number of amides is 1. The van der Waals surface area contributed by atoms with Crippen molar-refractivity contribution in [2.75, 3.05) is 13.1 Å². The number of nitrogens with zero attached hydrogens (tertiary/aromatic N) is 2. The highest BCUT2D eigenvalue weighted by atomic mass is 32.2. The van der Waals surface area contributed by atoms with Crippen LogP contribution in [-0.4, -0.2) is 48.4 Å². The maximum Gasteiger partial charge on any atom is 0.257 e. The summed E-state index contributed by atoms with van der Waals surface area (Å²) in [5.74, 6) is -1.58. The van der Waals surface area contributed by atoms with E-state index in [4.69, 9.17) is 4.74 Å². The largest absolute Gasteiger partial charge is 0.342 e. The second kappa shape index (κ2) is 7.60. The Kier molecular flexibility index (Phi) is 5.11. The number of sulfonamides is 1. The van der Waals surface area contributed by atoms with Gasteiger partial charge in [-0.15, -0.1) is 0 Å². The number of benzene rings is 2. The van der Waals surface area contributed by atoms with Crippen LogP contribution in [0.2, 0.25) is 0 Å². The summed E-state index contributed by atoms with van der Waals surface area (Å²) in [5.41, 5.74) is -0.00203. The van der Waals surface area contributed by atoms with E-state index in [2.05, 4.69) is 0 Å². The molecule has 170 valence electrons. The zero-order valence-electron chi connectivity index (χ0n) is 17.6. The smallest absolute Gasteiger partial charge is 0.257 e. The van der Waals surface area contributed by atoms with Crippen molar-refractivity contribution in [2.45, 2.75) is 55.4 Å². The summed E-state index contributed by atoms with van der Waals surface area (Å²) in [5, 5.41) is 0. The summed E-state index contributed by atoms with van der Waals surface area (Å²) >= 11 is 0. The Morgan fingerprint density at radius 3 is 2.34 bits per heavy atom. The van der Waals surface area contributed by atoms with Crippen LogP contribution < -0.4 is 0 Å². The van der Waals surface area contributed by atoms with Gasteiger partial charge >= 0.3 is 0 Å². The molecule has 9 heteroatoms. The molecule has 5 rings (SSSR count). The van der Waals surface area contributed by atoms with E-state index in [9.17, 15) is 22.0 Å². The monoisotopic (exact) mass is 462 g/mol. The predicted octanol–water partition coefficient (Wildman–Crippen LogP) is 3.52. The van der Waals surface area contributed by atoms with E-state index >= 15 is 0 Å². The standard InChI is InChI=1S/C23H24F2N2O4S/c1-15-4-2-3-5-20(15)32(29,30)26-10-8-23(9-11-26)22(28)27-19(6-7-21(27)31-23)16-12-17(24)14-18(25)13-16/h2-5,12-14,19,21H,6-11H2,1H3. The third-order valence-electron chi connectivity index (χ3n) is 6.83. The van der Waals surface area contributed by atoms with Gasteiger partial charge in [0.15, 0.2) is 5.60 Å². The van der Waals surface area contributed by atoms with Gasteiger partial charge in [-0.1, -0.05) is 18.2 Å². The molecular formula is C23H24F2N2O4S. The van der Waals surface area contributed by atoms with Gasteiger partial charge in [-0.05, 0) is 61.9 Å². The molecule has 0 aliphatic carbocycles. The zero-order valence-corrected chi connectivity index (χ0v) is 18.4. The minimum absolute atomic E-state index is 0.169. The lowest BCUT2D eigenvalue weighted by molar-refractivity contribution is -0.142. The third-order valence-corrected chi connectivity index (χ3v) is 8.89. The first-order valence-corrected chi connectivity index (χ1v) is 12.2. The lowest BCUT2D eigenvalue weighted by atomic mass is 9.90. The van der Waals surface area contributed by atoms with Crippen molar-refractivity contribution in [2.24, 2.45) is 0 Å². The normalized spacial score (nSPS) is 25.5. The number of rotatable bonds is 3. The van der Waals surface area contributed by atoms with Gasteiger partial charge in [0.2, 0.25) is 10.0 Å². The highest BCUT2D eigenvalue weighted by molar-refractivity contribution is 7.89. The fraction of sp³-hybridized carbons (Fsp3) is 0.435. The average molecular weight is 463 g/mol. The van der Waals surface area contributed by atoms with Crippen LogP contribution in [-0.2, 0) is 19.6 Å². The van der Waals surface area contributed by atoms with E-state index in [1.807, 2.05) is 0 Å². The number of aryl methyl sites for hydroxylation is 1. The number of halogens is 2. The van der Waals surface area contributed by atoms with Gasteiger partial charge in [0.1, 0.15) is 17.9 Å². The molecule has 0 aromatic heterocycles. The van der Waals surface area contributed by atoms with Crippen LogP contribution in [0.4, 0.5) is 8.78 Å². The summed E-state index contributed by atoms with van der Waals surface area (Å²) < 4.78 is 61.3. The number of carbonyl (C=O) groups is 1. The van der Waals surface area contributed by atoms with Crippen LogP contribution in [0.15, 0.2) is 47.4 Å². The molecule has 3 aliphatic heterocycles. The molecule has 0 N–H and O–H groups in total. The minimum Gasteiger partial charge on any atom is -0.342 e. The molecule has 2 aromatic rings. The van der Waals surface area contributed by atoms with Gasteiger partial charge in [-0.25, -0.2) is 17.2 Å². The maximum atomic E-state index is 13.8. The maximum absolute atomic E-state index is 13.8. The van der Waals surface area contributed by atoms with Crippen LogP contribution in [0.5, 0.6) is 0 Å². The molecule has 3 fully saturated rings. The van der Waals surface area contributed by atoms with E-state index in [1.54, 1.807) is 36.1 Å². The van der Waals surface area contributed by atoms with Crippen LogP contribution in [0.25, 0.3) is 0 Å². The van der Waals surface area contributed by atoms with Gasteiger partial charge in [0.05, 0.1) is 10.9 Å². The van der Waals surface area contributed by atoms with Crippen molar-refractivity contribution >= 4 is 15.9 Å². The van der Waals surface area contributed by atoms with E-state index in [0.29, 0.717) is 24.0 Å². The number of piperidine rings is 1. The lowest BCUT2D eigenvalue weighted by Gasteiger charge is -2.37. The summed E-state index contributed by atoms with van der Waals surface area (Å²) in [6, 6.07) is 9.70. The summed E-state index contributed by atoms with van der Waals surface area (Å²) in [6.45, 7) is 2.09. The summed E-state index contributed by atoms with van der Waals surface area (Å²) in [6.07, 6.45) is 1.16. The summed E-state index contributed by atoms with van der Waals surface area (Å²) in [7, 11) is -3.67. The van der Waals surface area contributed by atoms with Gasteiger partial charge in [-0.3, -0.25) is 4.79 Å². The van der Waals surface area contributed by atoms with Crippen LogP contribution in [0.1, 0.15) is 42.9 Å². The molecule has 3 heterocycles. The molecule has 0 radical (unpaired) electrons. The third kappa shape index (κ3) is 3.34. The Bertz CT molecular complexity index is 1160. The molecule has 2 atom stereocenters. The van der Waals surface area contributed by atoms with Gasteiger partial charge in [0.25, 0.3) is 5.91 Å². The number of carbonyl (C=O) groups excluding carboxylic acids is 1. The molecule has 3 saturated heterocycles. The van der Waals surface area contributed by atoms with Crippen molar-refractivity contribution in [3.05, 3.63) is 65.2 Å². The minimum atomic E-state index is -3.67. The number of fused-ring (bicyclic) bond motifs is 1. The van der Waals surface area contributed by atoms with Crippen molar-refractivity contribution in [1.29, 1.82) is 0 Å². The highest BCUT2D eigenvalue weighted by Gasteiger charge is 2.58. The second-order valence-corrected chi connectivity index (χ2v) is 10.7. The van der Waals surface area contributed by atoms with Crippen molar-refractivity contribution in [3.8, 4) is 0 Å². The quantitative estimate of drug-likeness (QED) is 0.700. The molecule has 1 spiro atoms. The predicted molar refractivity (Wildman–Crippen MR) is 112 cm³/mol. The fourth-order valence-corrected chi connectivity index (χ4v) is 6.88. The molecule has 3 aliphatic rings. The molecule has 2 unspecified atom stereocenters. The Morgan fingerprint density at radius 2 is 1.69 bits per heavy atom. The van der Waals surface area contributed by atoms with E-state index in [1.165, 1.54) is 16.4 Å². The van der Waals surface area contributed by atoms with E-state index in [-0.39, 0.29) is 36.7 Å². The van der Waals surface area contributed by atoms with Crippen molar-refractivity contribution in [3.63, 3.8) is 0 Å². The first kappa shape index (κ1) is 21.5. The SMILES string of the molecule is Cc1ccccc1S(=O)(=O)N1CCC2(CC1)OC1CCC(c3cc(F)cc(F)c3)N1C2=O. The number of hydrogen-bond acceptors (Lipinski definition) is 4. The number of hydrogen-bond donors (Lipinski definition) is 0. The molecule has 6 nitrogen and oxygen atoms in total. The Morgan fingerprint density at radius 1 is 1.03 bits per heavy atom. The van der Waals surface area contributed by atoms with Crippen molar-refractivity contribution in [1.82, 2.24) is 9.21 Å². The number of ether oxygens (including phenoxy) is 1. The Hall–Kier alpha value is -2.36. The highest BCUT2D eigenvalue weighted by Crippen LogP contribution is 2.48. The zero-order chi connectivity index (χ0) is 22.7. The molecule has 0 saturated carbocycles. The van der Waals surface area contributed by atoms with Crippen LogP contribution >= 0.6 is 0 Å². The van der Waals surface area contributed by atoms with Gasteiger partial charge in [0, 0.05) is 19.2 Å². The van der Waals surface area contributed by atoms with E-state index < -0.39 is 39.5 Å². The molecule has 2 aromatic carbocycles. The van der Waals surface area contributed by atoms with Gasteiger partial charge < -0.3 is 9.64 Å². The summed E-state index contributed by atoms with van der Waals surface area (Å²) in [4.78, 5) is 15.3. The van der Waals surface area contributed by atoms with Crippen LogP contribution in [0, 0.1) is 18.6 Å². The molecule has 0 bridgehead atoms. The topological polar surface area (TPSA) is 66.9 Å². The Labute approximate surface area is 185 Å². The first-order chi connectivity index (χ1) is 15.2. The average Bonchev–Trinajstić information content (AvgIpc) is 3.26. The first-order valence-electron chi connectivity index (χ1n) is 10.7. The molecule has 1 amide bonds. The second-order valence-electron chi connectivity index (χ2n) is 8.74. The lowest BCUT2D eigenvalue weighted by Crippen LogP contribution is -2.51. The van der Waals surface area contributed by atoms with Crippen LogP contribution in [0.3, 0.4) is 0 Å². The fourth-order valence-electron chi connectivity index (χ4n) is 5.21. The van der Waals surface area contributed by atoms with Crippen molar-refractivity contribution < 1.29 is 26.7 Å².